The molecule has 5 nitrogen and oxygen atoms in total. The van der Waals surface area contributed by atoms with Gasteiger partial charge in [0, 0.05) is 28.1 Å². The first-order valence-corrected chi connectivity index (χ1v) is 8.98. The summed E-state index contributed by atoms with van der Waals surface area (Å²) in [7, 11) is 0. The van der Waals surface area contributed by atoms with Gasteiger partial charge in [-0.3, -0.25) is 9.38 Å². The third-order valence-electron chi connectivity index (χ3n) is 4.50. The molecule has 2 aromatic carbocycles. The third kappa shape index (κ3) is 2.82. The summed E-state index contributed by atoms with van der Waals surface area (Å²) in [6, 6.07) is 11.5. The van der Waals surface area contributed by atoms with Crippen LogP contribution < -0.4 is 5.32 Å². The molecule has 0 aliphatic rings. The molecule has 0 bridgehead atoms. The average Bonchev–Trinajstić information content (AvgIpc) is 2.99. The standard InChI is InChI=1S/C20H17BrN4O/c1-12-4-3-5-16(13(12)2)23-20-19(15-10-14(21)6-7-17(15)26)24-18-11-22-8-9-25(18)20/h3-11,23,26H,1-2H3. The molecule has 0 fully saturated rings. The Balaban J connectivity index is 1.95. The molecule has 0 spiro atoms. The van der Waals surface area contributed by atoms with Gasteiger partial charge in [0.1, 0.15) is 17.3 Å². The molecule has 4 aromatic rings. The van der Waals surface area contributed by atoms with E-state index in [0.29, 0.717) is 16.9 Å². The largest absolute Gasteiger partial charge is 0.507 e. The number of aromatic hydroxyl groups is 1. The summed E-state index contributed by atoms with van der Waals surface area (Å²) in [6.07, 6.45) is 5.27. The van der Waals surface area contributed by atoms with Gasteiger partial charge in [-0.25, -0.2) is 4.98 Å². The van der Waals surface area contributed by atoms with Crippen LogP contribution in [0.4, 0.5) is 11.5 Å². The summed E-state index contributed by atoms with van der Waals surface area (Å²) >= 11 is 3.47. The fourth-order valence-corrected chi connectivity index (χ4v) is 3.29. The van der Waals surface area contributed by atoms with Crippen molar-refractivity contribution >= 4 is 33.1 Å². The molecular formula is C20H17BrN4O. The summed E-state index contributed by atoms with van der Waals surface area (Å²) in [4.78, 5) is 8.85. The number of aromatic nitrogens is 3. The number of nitrogens with one attached hydrogen (secondary N) is 1. The number of rotatable bonds is 3. The topological polar surface area (TPSA) is 62.5 Å². The predicted molar refractivity (Wildman–Crippen MR) is 107 cm³/mol. The van der Waals surface area contributed by atoms with Crippen LogP contribution in [0, 0.1) is 13.8 Å². The van der Waals surface area contributed by atoms with Crippen molar-refractivity contribution in [3.63, 3.8) is 0 Å². The van der Waals surface area contributed by atoms with Crippen molar-refractivity contribution in [2.75, 3.05) is 5.32 Å². The molecular weight excluding hydrogens is 392 g/mol. The Kier molecular flexibility index (Phi) is 4.12. The number of anilines is 2. The van der Waals surface area contributed by atoms with Crippen LogP contribution in [0.3, 0.4) is 0 Å². The zero-order chi connectivity index (χ0) is 18.3. The average molecular weight is 409 g/mol. The van der Waals surface area contributed by atoms with E-state index in [1.54, 1.807) is 24.5 Å². The Morgan fingerprint density at radius 1 is 1.15 bits per heavy atom. The molecule has 4 rings (SSSR count). The van der Waals surface area contributed by atoms with Gasteiger partial charge in [0.05, 0.1) is 6.20 Å². The van der Waals surface area contributed by atoms with E-state index in [2.05, 4.69) is 46.1 Å². The highest BCUT2D eigenvalue weighted by Gasteiger charge is 2.18. The maximum atomic E-state index is 10.4. The van der Waals surface area contributed by atoms with Crippen molar-refractivity contribution in [3.8, 4) is 17.0 Å². The molecule has 130 valence electrons. The summed E-state index contributed by atoms with van der Waals surface area (Å²) in [6.45, 7) is 4.17. The number of hydrogen-bond acceptors (Lipinski definition) is 4. The van der Waals surface area contributed by atoms with E-state index in [4.69, 9.17) is 4.98 Å². The van der Waals surface area contributed by atoms with Gasteiger partial charge in [0.15, 0.2) is 5.65 Å². The van der Waals surface area contributed by atoms with Crippen LogP contribution in [0.5, 0.6) is 5.75 Å². The first-order valence-electron chi connectivity index (χ1n) is 8.19. The first kappa shape index (κ1) is 16.6. The third-order valence-corrected chi connectivity index (χ3v) is 4.99. The molecule has 0 amide bonds. The monoisotopic (exact) mass is 408 g/mol. The molecule has 2 heterocycles. The lowest BCUT2D eigenvalue weighted by molar-refractivity contribution is 0.477. The fraction of sp³-hybridized carbons (Fsp3) is 0.100. The lowest BCUT2D eigenvalue weighted by atomic mass is 10.1. The number of halogens is 1. The van der Waals surface area contributed by atoms with Crippen molar-refractivity contribution in [1.82, 2.24) is 14.4 Å². The molecule has 0 aliphatic heterocycles. The molecule has 6 heteroatoms. The molecule has 0 saturated carbocycles. The van der Waals surface area contributed by atoms with Gasteiger partial charge < -0.3 is 10.4 Å². The summed E-state index contributed by atoms with van der Waals surface area (Å²) < 4.78 is 2.81. The Morgan fingerprint density at radius 3 is 2.85 bits per heavy atom. The maximum absolute atomic E-state index is 10.4. The van der Waals surface area contributed by atoms with Gasteiger partial charge in [0.2, 0.25) is 0 Å². The first-order chi connectivity index (χ1) is 12.5. The molecule has 26 heavy (non-hydrogen) atoms. The normalized spacial score (nSPS) is 11.0. The van der Waals surface area contributed by atoms with E-state index in [9.17, 15) is 5.11 Å². The zero-order valence-electron chi connectivity index (χ0n) is 14.4. The highest BCUT2D eigenvalue weighted by molar-refractivity contribution is 9.10. The van der Waals surface area contributed by atoms with Crippen LogP contribution in [0.25, 0.3) is 16.9 Å². The van der Waals surface area contributed by atoms with Gasteiger partial charge >= 0.3 is 0 Å². The van der Waals surface area contributed by atoms with E-state index < -0.39 is 0 Å². The number of fused-ring (bicyclic) bond motifs is 1. The number of phenolic OH excluding ortho intramolecular Hbond substituents is 1. The van der Waals surface area contributed by atoms with Crippen LogP contribution in [0.15, 0.2) is 59.5 Å². The number of hydrogen-bond donors (Lipinski definition) is 2. The van der Waals surface area contributed by atoms with E-state index in [0.717, 1.165) is 16.0 Å². The Hall–Kier alpha value is -2.86. The Morgan fingerprint density at radius 2 is 2.00 bits per heavy atom. The van der Waals surface area contributed by atoms with Crippen molar-refractivity contribution in [1.29, 1.82) is 0 Å². The van der Waals surface area contributed by atoms with Gasteiger partial charge in [0.25, 0.3) is 0 Å². The van der Waals surface area contributed by atoms with Gasteiger partial charge in [-0.05, 0) is 49.2 Å². The summed E-state index contributed by atoms with van der Waals surface area (Å²) in [5.74, 6) is 0.957. The second-order valence-electron chi connectivity index (χ2n) is 6.15. The Bertz CT molecular complexity index is 1120. The Labute approximate surface area is 159 Å². The number of phenols is 1. The molecule has 2 N–H and O–H groups in total. The zero-order valence-corrected chi connectivity index (χ0v) is 15.9. The minimum absolute atomic E-state index is 0.175. The lowest BCUT2D eigenvalue weighted by Gasteiger charge is -2.13. The van der Waals surface area contributed by atoms with Gasteiger partial charge in [-0.15, -0.1) is 0 Å². The van der Waals surface area contributed by atoms with Crippen LogP contribution in [0.2, 0.25) is 0 Å². The lowest BCUT2D eigenvalue weighted by Crippen LogP contribution is -2.00. The molecule has 0 aliphatic carbocycles. The minimum Gasteiger partial charge on any atom is -0.507 e. The molecule has 0 atom stereocenters. The molecule has 2 aromatic heterocycles. The van der Waals surface area contributed by atoms with E-state index >= 15 is 0 Å². The van der Waals surface area contributed by atoms with E-state index in [1.807, 2.05) is 28.8 Å². The summed E-state index contributed by atoms with van der Waals surface area (Å²) in [5, 5.41) is 13.9. The molecule has 0 unspecified atom stereocenters. The van der Waals surface area contributed by atoms with Crippen molar-refractivity contribution in [2.24, 2.45) is 0 Å². The molecule has 0 radical (unpaired) electrons. The second kappa shape index (κ2) is 6.46. The highest BCUT2D eigenvalue weighted by atomic mass is 79.9. The van der Waals surface area contributed by atoms with Crippen LogP contribution in [0.1, 0.15) is 11.1 Å². The van der Waals surface area contributed by atoms with E-state index in [-0.39, 0.29) is 5.75 Å². The van der Waals surface area contributed by atoms with Gasteiger partial charge in [-0.1, -0.05) is 28.1 Å². The van der Waals surface area contributed by atoms with Crippen molar-refractivity contribution < 1.29 is 5.11 Å². The highest BCUT2D eigenvalue weighted by Crippen LogP contribution is 2.38. The van der Waals surface area contributed by atoms with Gasteiger partial charge in [-0.2, -0.15) is 0 Å². The van der Waals surface area contributed by atoms with Crippen molar-refractivity contribution in [3.05, 3.63) is 70.6 Å². The predicted octanol–water partition coefficient (Wildman–Crippen LogP) is 5.22. The van der Waals surface area contributed by atoms with E-state index in [1.165, 1.54) is 11.1 Å². The number of benzene rings is 2. The number of aryl methyl sites for hydroxylation is 1. The minimum atomic E-state index is 0.175. The SMILES string of the molecule is Cc1cccc(Nc2c(-c3cc(Br)ccc3O)nc3cnccn23)c1C. The second-order valence-corrected chi connectivity index (χ2v) is 7.06. The molecule has 0 saturated heterocycles. The van der Waals surface area contributed by atoms with Crippen LogP contribution in [-0.4, -0.2) is 19.5 Å². The van der Waals surface area contributed by atoms with Crippen LogP contribution in [-0.2, 0) is 0 Å². The van der Waals surface area contributed by atoms with Crippen molar-refractivity contribution in [2.45, 2.75) is 13.8 Å². The summed E-state index contributed by atoms with van der Waals surface area (Å²) in [5.41, 5.74) is 5.39. The maximum Gasteiger partial charge on any atom is 0.157 e. The number of imidazole rings is 1. The fourth-order valence-electron chi connectivity index (χ4n) is 2.93. The quantitative estimate of drug-likeness (QED) is 0.487. The number of nitrogens with zero attached hydrogens (tertiary/aromatic N) is 3. The smallest absolute Gasteiger partial charge is 0.157 e. The van der Waals surface area contributed by atoms with Crippen LogP contribution >= 0.6 is 15.9 Å².